The third-order valence-corrected chi connectivity index (χ3v) is 4.44. The molecule has 1 saturated heterocycles. The van der Waals surface area contributed by atoms with Crippen LogP contribution in [-0.2, 0) is 6.42 Å². The first kappa shape index (κ1) is 12.2. The average molecular weight is 316 g/mol. The van der Waals surface area contributed by atoms with E-state index in [1.54, 1.807) is 0 Å². The number of hydrogen-bond donors (Lipinski definition) is 1. The molecule has 0 bridgehead atoms. The van der Waals surface area contributed by atoms with Crippen LogP contribution in [0.4, 0.5) is 4.39 Å². The van der Waals surface area contributed by atoms with Gasteiger partial charge in [-0.3, -0.25) is 0 Å². The molecule has 0 amide bonds. The van der Waals surface area contributed by atoms with Gasteiger partial charge < -0.3 is 14.8 Å². The predicted molar refractivity (Wildman–Crippen MR) is 69.5 cm³/mol. The Kier molecular flexibility index (Phi) is 3.43. The van der Waals surface area contributed by atoms with Crippen LogP contribution in [-0.4, -0.2) is 19.9 Å². The Hall–Kier alpha value is -0.810. The fourth-order valence-electron chi connectivity index (χ4n) is 2.57. The fourth-order valence-corrected chi connectivity index (χ4v) is 3.23. The zero-order chi connectivity index (χ0) is 12.5. The van der Waals surface area contributed by atoms with Gasteiger partial charge in [-0.1, -0.05) is 0 Å². The Morgan fingerprint density at radius 1 is 1.33 bits per heavy atom. The van der Waals surface area contributed by atoms with Gasteiger partial charge in [0.2, 0.25) is 6.79 Å². The lowest BCUT2D eigenvalue weighted by Gasteiger charge is -2.23. The molecular formula is C13H15BrFNO2. The summed E-state index contributed by atoms with van der Waals surface area (Å²) in [6, 6.07) is 1.43. The molecule has 0 aromatic heterocycles. The van der Waals surface area contributed by atoms with Crippen molar-refractivity contribution in [2.75, 3.05) is 19.9 Å². The minimum absolute atomic E-state index is 0.171. The number of benzene rings is 1. The summed E-state index contributed by atoms with van der Waals surface area (Å²) in [7, 11) is 0. The van der Waals surface area contributed by atoms with E-state index < -0.39 is 0 Å². The van der Waals surface area contributed by atoms with Gasteiger partial charge in [0.05, 0.1) is 4.47 Å². The second-order valence-corrected chi connectivity index (χ2v) is 5.58. The number of piperidine rings is 1. The summed E-state index contributed by atoms with van der Waals surface area (Å²) in [5.41, 5.74) is 0.714. The van der Waals surface area contributed by atoms with E-state index >= 15 is 0 Å². The van der Waals surface area contributed by atoms with E-state index in [0.29, 0.717) is 27.5 Å². The van der Waals surface area contributed by atoms with E-state index in [1.807, 2.05) is 0 Å². The quantitative estimate of drug-likeness (QED) is 0.910. The Balaban J connectivity index is 1.87. The third kappa shape index (κ3) is 2.21. The molecule has 0 saturated carbocycles. The lowest BCUT2D eigenvalue weighted by molar-refractivity contribution is 0.173. The zero-order valence-electron chi connectivity index (χ0n) is 9.97. The summed E-state index contributed by atoms with van der Waals surface area (Å²) in [4.78, 5) is 0. The molecule has 3 nitrogen and oxygen atoms in total. The van der Waals surface area contributed by atoms with Crippen LogP contribution in [0.3, 0.4) is 0 Å². The number of nitrogens with one attached hydrogen (secondary N) is 1. The normalized spacial score (nSPS) is 19.2. The van der Waals surface area contributed by atoms with Crippen molar-refractivity contribution >= 4 is 15.9 Å². The van der Waals surface area contributed by atoms with Crippen LogP contribution in [0.25, 0.3) is 0 Å². The topological polar surface area (TPSA) is 30.5 Å². The highest BCUT2D eigenvalue weighted by Gasteiger charge is 2.25. The molecule has 0 spiro atoms. The predicted octanol–water partition coefficient (Wildman–Crippen LogP) is 2.86. The van der Waals surface area contributed by atoms with Gasteiger partial charge in [0.1, 0.15) is 5.82 Å². The molecule has 5 heteroatoms. The monoisotopic (exact) mass is 315 g/mol. The second-order valence-electron chi connectivity index (χ2n) is 4.78. The lowest BCUT2D eigenvalue weighted by Crippen LogP contribution is -2.28. The van der Waals surface area contributed by atoms with Crippen molar-refractivity contribution in [2.45, 2.75) is 19.3 Å². The Bertz CT molecular complexity index is 461. The first-order valence-electron chi connectivity index (χ1n) is 6.23. The van der Waals surface area contributed by atoms with Gasteiger partial charge in [-0.2, -0.15) is 0 Å². The van der Waals surface area contributed by atoms with Crippen LogP contribution in [0.2, 0.25) is 0 Å². The summed E-state index contributed by atoms with van der Waals surface area (Å²) in [6.45, 7) is 2.22. The zero-order valence-corrected chi connectivity index (χ0v) is 11.6. The molecule has 1 N–H and O–H groups in total. The molecular weight excluding hydrogens is 301 g/mol. The van der Waals surface area contributed by atoms with Crippen molar-refractivity contribution in [3.63, 3.8) is 0 Å². The van der Waals surface area contributed by atoms with Crippen molar-refractivity contribution in [1.82, 2.24) is 5.32 Å². The van der Waals surface area contributed by atoms with Crippen LogP contribution in [0.5, 0.6) is 11.5 Å². The highest BCUT2D eigenvalue weighted by atomic mass is 79.9. The number of hydrogen-bond acceptors (Lipinski definition) is 3. The van der Waals surface area contributed by atoms with E-state index in [1.165, 1.54) is 6.07 Å². The molecule has 0 aliphatic carbocycles. The molecule has 2 heterocycles. The molecule has 1 aromatic rings. The summed E-state index contributed by atoms with van der Waals surface area (Å²) in [5.74, 6) is 1.47. The van der Waals surface area contributed by atoms with Gasteiger partial charge in [-0.25, -0.2) is 4.39 Å². The van der Waals surface area contributed by atoms with Crippen molar-refractivity contribution in [3.05, 3.63) is 21.9 Å². The van der Waals surface area contributed by atoms with Gasteiger partial charge in [-0.15, -0.1) is 0 Å². The SMILES string of the molecule is Fc1cc2c(c(Br)c1CC1CCNCC1)OCO2. The molecule has 0 radical (unpaired) electrons. The first-order valence-corrected chi connectivity index (χ1v) is 7.02. The summed E-state index contributed by atoms with van der Waals surface area (Å²) < 4.78 is 25.4. The maximum atomic E-state index is 14.1. The maximum absolute atomic E-state index is 14.1. The van der Waals surface area contributed by atoms with Gasteiger partial charge >= 0.3 is 0 Å². The second kappa shape index (κ2) is 5.05. The first-order chi connectivity index (χ1) is 8.75. The van der Waals surface area contributed by atoms with Gasteiger partial charge in [-0.05, 0) is 54.2 Å². The number of ether oxygens (including phenoxy) is 2. The summed E-state index contributed by atoms with van der Waals surface area (Å²) in [5, 5.41) is 3.32. The van der Waals surface area contributed by atoms with Gasteiger partial charge in [0, 0.05) is 11.6 Å². The number of fused-ring (bicyclic) bond motifs is 1. The largest absolute Gasteiger partial charge is 0.453 e. The lowest BCUT2D eigenvalue weighted by atomic mass is 9.90. The Labute approximate surface area is 114 Å². The Morgan fingerprint density at radius 3 is 2.89 bits per heavy atom. The van der Waals surface area contributed by atoms with Crippen molar-refractivity contribution in [2.24, 2.45) is 5.92 Å². The van der Waals surface area contributed by atoms with Crippen molar-refractivity contribution < 1.29 is 13.9 Å². The molecule has 0 unspecified atom stereocenters. The van der Waals surface area contributed by atoms with Crippen molar-refractivity contribution in [3.8, 4) is 11.5 Å². The molecule has 2 aliphatic rings. The average Bonchev–Trinajstić information content (AvgIpc) is 2.84. The summed E-state index contributed by atoms with van der Waals surface area (Å²) in [6.07, 6.45) is 2.95. The number of halogens is 2. The van der Waals surface area contributed by atoms with E-state index in [2.05, 4.69) is 21.2 Å². The van der Waals surface area contributed by atoms with E-state index in [0.717, 1.165) is 32.4 Å². The summed E-state index contributed by atoms with van der Waals surface area (Å²) >= 11 is 3.45. The minimum atomic E-state index is -0.204. The highest BCUT2D eigenvalue weighted by molar-refractivity contribution is 9.10. The third-order valence-electron chi connectivity index (χ3n) is 3.60. The molecule has 1 fully saturated rings. The standard InChI is InChI=1S/C13H15BrFNO2/c14-12-9(5-8-1-3-16-4-2-8)10(15)6-11-13(12)18-7-17-11/h6,8,16H,1-5,7H2. The Morgan fingerprint density at radius 2 is 2.11 bits per heavy atom. The van der Waals surface area contributed by atoms with Crippen LogP contribution >= 0.6 is 15.9 Å². The van der Waals surface area contributed by atoms with Gasteiger partial charge in [0.15, 0.2) is 11.5 Å². The number of rotatable bonds is 2. The minimum Gasteiger partial charge on any atom is -0.453 e. The van der Waals surface area contributed by atoms with E-state index in [9.17, 15) is 4.39 Å². The fraction of sp³-hybridized carbons (Fsp3) is 0.538. The van der Waals surface area contributed by atoms with Crippen molar-refractivity contribution in [1.29, 1.82) is 0 Å². The molecule has 0 atom stereocenters. The van der Waals surface area contributed by atoms with E-state index in [4.69, 9.17) is 9.47 Å². The van der Waals surface area contributed by atoms with Crippen LogP contribution in [0, 0.1) is 11.7 Å². The molecule has 98 valence electrons. The molecule has 3 rings (SSSR count). The van der Waals surface area contributed by atoms with Crippen LogP contribution < -0.4 is 14.8 Å². The van der Waals surface area contributed by atoms with Crippen LogP contribution in [0.1, 0.15) is 18.4 Å². The highest BCUT2D eigenvalue weighted by Crippen LogP contribution is 2.43. The molecule has 18 heavy (non-hydrogen) atoms. The maximum Gasteiger partial charge on any atom is 0.231 e. The molecule has 1 aromatic carbocycles. The van der Waals surface area contributed by atoms with Gasteiger partial charge in [0.25, 0.3) is 0 Å². The van der Waals surface area contributed by atoms with E-state index in [-0.39, 0.29) is 12.6 Å². The smallest absolute Gasteiger partial charge is 0.231 e. The van der Waals surface area contributed by atoms with Crippen LogP contribution in [0.15, 0.2) is 10.5 Å². The molecule has 2 aliphatic heterocycles.